The normalized spacial score (nSPS) is 11.5. The molecule has 11 aromatic rings. The minimum absolute atomic E-state index is 0.826. The molecule has 0 radical (unpaired) electrons. The number of anilines is 3. The number of hydrogen-bond donors (Lipinski definition) is 0. The van der Waals surface area contributed by atoms with Gasteiger partial charge in [0, 0.05) is 39.0 Å². The first kappa shape index (κ1) is 32.8. The maximum atomic E-state index is 6.73. The Morgan fingerprint density at radius 2 is 0.737 bits per heavy atom. The van der Waals surface area contributed by atoms with E-state index in [4.69, 9.17) is 8.83 Å². The van der Waals surface area contributed by atoms with Crippen LogP contribution in [0.15, 0.2) is 221 Å². The van der Waals surface area contributed by atoms with Crippen molar-refractivity contribution in [2.75, 3.05) is 4.90 Å². The zero-order chi connectivity index (χ0) is 37.7. The van der Waals surface area contributed by atoms with Crippen LogP contribution in [-0.2, 0) is 0 Å². The Labute approximate surface area is 330 Å². The molecule has 11 rings (SSSR count). The highest BCUT2D eigenvalue weighted by Gasteiger charge is 2.22. The van der Waals surface area contributed by atoms with E-state index in [9.17, 15) is 0 Å². The van der Waals surface area contributed by atoms with Crippen molar-refractivity contribution in [2.45, 2.75) is 0 Å². The number of benzene rings is 9. The van der Waals surface area contributed by atoms with Gasteiger partial charge in [-0.15, -0.1) is 0 Å². The van der Waals surface area contributed by atoms with Crippen LogP contribution in [0.5, 0.6) is 0 Å². The molecule has 0 bridgehead atoms. The summed E-state index contributed by atoms with van der Waals surface area (Å²) in [6.45, 7) is 0. The summed E-state index contributed by atoms with van der Waals surface area (Å²) in [5, 5.41) is 4.32. The summed E-state index contributed by atoms with van der Waals surface area (Å²) < 4.78 is 13.4. The van der Waals surface area contributed by atoms with Crippen LogP contribution in [0.4, 0.5) is 17.1 Å². The second kappa shape index (κ2) is 13.6. The summed E-state index contributed by atoms with van der Waals surface area (Å²) in [6.07, 6.45) is 0. The lowest BCUT2D eigenvalue weighted by Gasteiger charge is -2.27. The van der Waals surface area contributed by atoms with E-state index in [1.54, 1.807) is 0 Å². The molecule has 9 aromatic carbocycles. The van der Waals surface area contributed by atoms with Crippen molar-refractivity contribution >= 4 is 60.9 Å². The van der Waals surface area contributed by atoms with Crippen molar-refractivity contribution in [1.82, 2.24) is 0 Å². The Hall–Kier alpha value is -7.62. The highest BCUT2D eigenvalue weighted by Crippen LogP contribution is 2.47. The summed E-state index contributed by atoms with van der Waals surface area (Å²) >= 11 is 0. The molecule has 0 aliphatic carbocycles. The highest BCUT2D eigenvalue weighted by molar-refractivity contribution is 6.20. The molecule has 0 aliphatic rings. The molecular formula is C54H35NO2. The standard InChI is InChI=1S/C54H35NO2/c1-4-13-36(14-5-1)39-23-28-42(29-24-39)55(43-30-25-40(26-31-43)37-15-6-2-7-16-37)44-34-48(54-46-19-10-11-21-49(46)56-52(54)35-44)45-20-12-22-50-53(45)47-32-27-41(33-51(47)57-50)38-17-8-3-9-18-38/h1-35H. The van der Waals surface area contributed by atoms with Crippen LogP contribution < -0.4 is 4.90 Å². The van der Waals surface area contributed by atoms with Gasteiger partial charge in [-0.2, -0.15) is 0 Å². The lowest BCUT2D eigenvalue weighted by atomic mass is 9.94. The average molecular weight is 730 g/mol. The van der Waals surface area contributed by atoms with Crippen molar-refractivity contribution in [3.63, 3.8) is 0 Å². The Bertz CT molecular complexity index is 3120. The lowest BCUT2D eigenvalue weighted by Crippen LogP contribution is -2.10. The molecule has 0 amide bonds. The maximum Gasteiger partial charge on any atom is 0.138 e. The fourth-order valence-electron chi connectivity index (χ4n) is 8.36. The van der Waals surface area contributed by atoms with E-state index < -0.39 is 0 Å². The molecule has 0 spiro atoms. The minimum Gasteiger partial charge on any atom is -0.456 e. The lowest BCUT2D eigenvalue weighted by molar-refractivity contribution is 0.668. The van der Waals surface area contributed by atoms with Gasteiger partial charge in [0.05, 0.1) is 5.69 Å². The highest BCUT2D eigenvalue weighted by atomic mass is 16.3. The molecule has 0 atom stereocenters. The molecular weight excluding hydrogens is 695 g/mol. The first-order chi connectivity index (χ1) is 28.2. The third-order valence-corrected chi connectivity index (χ3v) is 11.1. The SMILES string of the molecule is c1ccc(-c2ccc(N(c3ccc(-c4ccccc4)cc3)c3cc(-c4cccc5oc6cc(-c7ccccc7)ccc6c45)c4c(c3)oc3ccccc34)cc2)cc1. The van der Waals surface area contributed by atoms with Crippen LogP contribution in [0.2, 0.25) is 0 Å². The van der Waals surface area contributed by atoms with Crippen molar-refractivity contribution in [2.24, 2.45) is 0 Å². The van der Waals surface area contributed by atoms with Gasteiger partial charge >= 0.3 is 0 Å². The van der Waals surface area contributed by atoms with Crippen LogP contribution in [0.3, 0.4) is 0 Å². The molecule has 3 nitrogen and oxygen atoms in total. The molecule has 0 unspecified atom stereocenters. The molecule has 2 heterocycles. The van der Waals surface area contributed by atoms with E-state index >= 15 is 0 Å². The smallest absolute Gasteiger partial charge is 0.138 e. The molecule has 268 valence electrons. The van der Waals surface area contributed by atoms with Gasteiger partial charge in [-0.05, 0) is 99.1 Å². The molecule has 0 aliphatic heterocycles. The molecule has 0 fully saturated rings. The third-order valence-electron chi connectivity index (χ3n) is 11.1. The van der Waals surface area contributed by atoms with Crippen LogP contribution in [-0.4, -0.2) is 0 Å². The second-order valence-corrected chi connectivity index (χ2v) is 14.5. The quantitative estimate of drug-likeness (QED) is 0.164. The van der Waals surface area contributed by atoms with Crippen molar-refractivity contribution in [3.8, 4) is 44.5 Å². The first-order valence-corrected chi connectivity index (χ1v) is 19.3. The summed E-state index contributed by atoms with van der Waals surface area (Å²) in [4.78, 5) is 2.33. The van der Waals surface area contributed by atoms with E-state index in [0.717, 1.165) is 83.2 Å². The third kappa shape index (κ3) is 5.76. The van der Waals surface area contributed by atoms with Gasteiger partial charge in [0.2, 0.25) is 0 Å². The number of fused-ring (bicyclic) bond motifs is 6. The van der Waals surface area contributed by atoms with Crippen LogP contribution in [0, 0.1) is 0 Å². The monoisotopic (exact) mass is 729 g/mol. The minimum atomic E-state index is 0.826. The fourth-order valence-corrected chi connectivity index (χ4v) is 8.36. The Morgan fingerprint density at radius 3 is 1.37 bits per heavy atom. The second-order valence-electron chi connectivity index (χ2n) is 14.5. The number of nitrogens with zero attached hydrogens (tertiary/aromatic N) is 1. The van der Waals surface area contributed by atoms with E-state index in [0.29, 0.717) is 0 Å². The van der Waals surface area contributed by atoms with Crippen LogP contribution in [0.1, 0.15) is 0 Å². The first-order valence-electron chi connectivity index (χ1n) is 19.3. The molecule has 3 heteroatoms. The molecule has 57 heavy (non-hydrogen) atoms. The molecule has 0 N–H and O–H groups in total. The number of rotatable bonds is 7. The Kier molecular flexibility index (Phi) is 7.82. The van der Waals surface area contributed by atoms with Crippen molar-refractivity contribution in [3.05, 3.63) is 212 Å². The molecule has 2 aromatic heterocycles. The number of hydrogen-bond acceptors (Lipinski definition) is 3. The average Bonchev–Trinajstić information content (AvgIpc) is 3.86. The van der Waals surface area contributed by atoms with Gasteiger partial charge < -0.3 is 13.7 Å². The fraction of sp³-hybridized carbons (Fsp3) is 0. The van der Waals surface area contributed by atoms with Crippen molar-refractivity contribution < 1.29 is 8.83 Å². The predicted molar refractivity (Wildman–Crippen MR) is 237 cm³/mol. The van der Waals surface area contributed by atoms with Gasteiger partial charge in [-0.1, -0.05) is 152 Å². The Morgan fingerprint density at radius 1 is 0.263 bits per heavy atom. The van der Waals surface area contributed by atoms with E-state index in [1.165, 1.54) is 22.3 Å². The van der Waals surface area contributed by atoms with E-state index in [-0.39, 0.29) is 0 Å². The van der Waals surface area contributed by atoms with Crippen LogP contribution >= 0.6 is 0 Å². The van der Waals surface area contributed by atoms with Gasteiger partial charge in [-0.3, -0.25) is 0 Å². The van der Waals surface area contributed by atoms with E-state index in [2.05, 4.69) is 205 Å². The topological polar surface area (TPSA) is 29.5 Å². The molecule has 0 saturated carbocycles. The number of para-hydroxylation sites is 1. The maximum absolute atomic E-state index is 6.73. The van der Waals surface area contributed by atoms with Gasteiger partial charge in [0.15, 0.2) is 0 Å². The van der Waals surface area contributed by atoms with Crippen LogP contribution in [0.25, 0.3) is 88.4 Å². The van der Waals surface area contributed by atoms with Crippen molar-refractivity contribution in [1.29, 1.82) is 0 Å². The zero-order valence-electron chi connectivity index (χ0n) is 31.0. The summed E-state index contributed by atoms with van der Waals surface area (Å²) in [6, 6.07) is 75.0. The van der Waals surface area contributed by atoms with Gasteiger partial charge in [-0.25, -0.2) is 0 Å². The summed E-state index contributed by atoms with van der Waals surface area (Å²) in [7, 11) is 0. The van der Waals surface area contributed by atoms with Gasteiger partial charge in [0.1, 0.15) is 22.3 Å². The summed E-state index contributed by atoms with van der Waals surface area (Å²) in [5.41, 5.74) is 15.6. The summed E-state index contributed by atoms with van der Waals surface area (Å²) in [5.74, 6) is 0. The van der Waals surface area contributed by atoms with E-state index in [1.807, 2.05) is 12.1 Å². The largest absolute Gasteiger partial charge is 0.456 e. The Balaban J connectivity index is 1.14. The molecule has 0 saturated heterocycles. The zero-order valence-corrected chi connectivity index (χ0v) is 31.0. The predicted octanol–water partition coefficient (Wildman–Crippen LogP) is 15.6. The van der Waals surface area contributed by atoms with Gasteiger partial charge in [0.25, 0.3) is 0 Å². The number of furan rings is 2.